The average Bonchev–Trinajstić information content (AvgIpc) is 2.40. The molecule has 5 heteroatoms. The zero-order valence-electron chi connectivity index (χ0n) is 10.1. The monoisotopic (exact) mass is 244 g/mol. The van der Waals surface area contributed by atoms with Crippen LogP contribution in [0, 0.1) is 11.3 Å². The highest BCUT2D eigenvalue weighted by molar-refractivity contribution is 5.95. The normalized spacial score (nSPS) is 14.9. The number of carbonyl (C=O) groups is 1. The van der Waals surface area contributed by atoms with Crippen molar-refractivity contribution in [1.82, 2.24) is 5.32 Å². The number of benzene rings is 1. The van der Waals surface area contributed by atoms with E-state index in [0.717, 1.165) is 37.6 Å². The zero-order valence-corrected chi connectivity index (χ0v) is 10.1. The van der Waals surface area contributed by atoms with Crippen LogP contribution in [0.15, 0.2) is 24.3 Å². The fraction of sp³-hybridized carbons (Fsp3) is 0.385. The minimum absolute atomic E-state index is 0.115. The number of hydrogen-bond donors (Lipinski definition) is 2. The van der Waals surface area contributed by atoms with Crippen molar-refractivity contribution in [3.63, 3.8) is 0 Å². The maximum absolute atomic E-state index is 11.5. The molecule has 0 bridgehead atoms. The van der Waals surface area contributed by atoms with Crippen LogP contribution in [0.1, 0.15) is 6.42 Å². The van der Waals surface area contributed by atoms with Crippen molar-refractivity contribution in [2.45, 2.75) is 6.42 Å². The Balaban J connectivity index is 2.14. The van der Waals surface area contributed by atoms with Gasteiger partial charge in [-0.15, -0.1) is 0 Å². The van der Waals surface area contributed by atoms with Crippen LogP contribution in [0.2, 0.25) is 0 Å². The minimum Gasteiger partial charge on any atom is -0.367 e. The smallest absolute Gasteiger partial charge is 0.238 e. The molecule has 1 fully saturated rings. The number of para-hydroxylation sites is 2. The largest absolute Gasteiger partial charge is 0.367 e. The van der Waals surface area contributed by atoms with Gasteiger partial charge < -0.3 is 15.5 Å². The van der Waals surface area contributed by atoms with Gasteiger partial charge in [0.25, 0.3) is 0 Å². The Labute approximate surface area is 106 Å². The summed E-state index contributed by atoms with van der Waals surface area (Å²) >= 11 is 0. The summed E-state index contributed by atoms with van der Waals surface area (Å²) in [7, 11) is 0. The van der Waals surface area contributed by atoms with Gasteiger partial charge in [-0.05, 0) is 12.1 Å². The summed E-state index contributed by atoms with van der Waals surface area (Å²) in [5.41, 5.74) is 1.80. The van der Waals surface area contributed by atoms with E-state index in [1.165, 1.54) is 0 Å². The van der Waals surface area contributed by atoms with Gasteiger partial charge in [0.1, 0.15) is 6.42 Å². The van der Waals surface area contributed by atoms with E-state index >= 15 is 0 Å². The van der Waals surface area contributed by atoms with Crippen molar-refractivity contribution >= 4 is 17.3 Å². The minimum atomic E-state index is -0.264. The summed E-state index contributed by atoms with van der Waals surface area (Å²) in [5, 5.41) is 14.6. The molecule has 0 aromatic heterocycles. The maximum atomic E-state index is 11.5. The SMILES string of the molecule is N#CCC(=O)Nc1ccccc1N1CCNCC1. The van der Waals surface area contributed by atoms with E-state index < -0.39 is 0 Å². The van der Waals surface area contributed by atoms with Gasteiger partial charge in [-0.3, -0.25) is 4.79 Å². The lowest BCUT2D eigenvalue weighted by atomic mass is 10.2. The van der Waals surface area contributed by atoms with Crippen molar-refractivity contribution in [3.8, 4) is 6.07 Å². The standard InChI is InChI=1S/C13H16N4O/c14-6-5-13(18)16-11-3-1-2-4-12(11)17-9-7-15-8-10-17/h1-4,15H,5,7-10H2,(H,16,18). The fourth-order valence-corrected chi connectivity index (χ4v) is 2.03. The topological polar surface area (TPSA) is 68.2 Å². The summed E-state index contributed by atoms with van der Waals surface area (Å²) in [6.45, 7) is 3.73. The molecule has 0 radical (unpaired) electrons. The van der Waals surface area contributed by atoms with Gasteiger partial charge in [0.15, 0.2) is 0 Å². The van der Waals surface area contributed by atoms with Crippen molar-refractivity contribution in [2.24, 2.45) is 0 Å². The molecule has 0 aliphatic carbocycles. The third-order valence-electron chi connectivity index (χ3n) is 2.88. The second-order valence-corrected chi connectivity index (χ2v) is 4.14. The number of amides is 1. The Morgan fingerprint density at radius 3 is 2.83 bits per heavy atom. The van der Waals surface area contributed by atoms with E-state index in [0.29, 0.717) is 0 Å². The molecule has 18 heavy (non-hydrogen) atoms. The molecule has 94 valence electrons. The van der Waals surface area contributed by atoms with Crippen LogP contribution in [0.3, 0.4) is 0 Å². The van der Waals surface area contributed by atoms with E-state index in [1.807, 2.05) is 30.3 Å². The van der Waals surface area contributed by atoms with E-state index in [1.54, 1.807) is 0 Å². The molecule has 1 aromatic carbocycles. The van der Waals surface area contributed by atoms with Crippen molar-refractivity contribution in [2.75, 3.05) is 36.4 Å². The van der Waals surface area contributed by atoms with Gasteiger partial charge in [-0.2, -0.15) is 5.26 Å². The predicted octanol–water partition coefficient (Wildman–Crippen LogP) is 0.948. The third kappa shape index (κ3) is 2.99. The molecule has 0 unspecified atom stereocenters. The van der Waals surface area contributed by atoms with Crippen LogP contribution >= 0.6 is 0 Å². The van der Waals surface area contributed by atoms with E-state index in [2.05, 4.69) is 15.5 Å². The van der Waals surface area contributed by atoms with E-state index in [9.17, 15) is 4.79 Å². The lowest BCUT2D eigenvalue weighted by molar-refractivity contribution is -0.115. The summed E-state index contributed by atoms with van der Waals surface area (Å²) in [6, 6.07) is 9.55. The summed E-state index contributed by atoms with van der Waals surface area (Å²) in [6.07, 6.45) is -0.115. The predicted molar refractivity (Wildman–Crippen MR) is 70.4 cm³/mol. The molecule has 1 aliphatic heterocycles. The van der Waals surface area contributed by atoms with Crippen LogP contribution < -0.4 is 15.5 Å². The highest BCUT2D eigenvalue weighted by Gasteiger charge is 2.14. The molecular formula is C13H16N4O. The first-order valence-corrected chi connectivity index (χ1v) is 6.03. The Morgan fingerprint density at radius 2 is 2.11 bits per heavy atom. The Hall–Kier alpha value is -2.06. The van der Waals surface area contributed by atoms with E-state index in [-0.39, 0.29) is 12.3 Å². The Bertz CT molecular complexity index is 460. The first-order chi connectivity index (χ1) is 8.81. The van der Waals surface area contributed by atoms with Crippen molar-refractivity contribution in [3.05, 3.63) is 24.3 Å². The number of carbonyl (C=O) groups excluding carboxylic acids is 1. The fourth-order valence-electron chi connectivity index (χ4n) is 2.03. The van der Waals surface area contributed by atoms with E-state index in [4.69, 9.17) is 5.26 Å². The number of anilines is 2. The van der Waals surface area contributed by atoms with Gasteiger partial charge in [-0.25, -0.2) is 0 Å². The number of piperazine rings is 1. The van der Waals surface area contributed by atoms with Crippen molar-refractivity contribution < 1.29 is 4.79 Å². The number of nitriles is 1. The first-order valence-electron chi connectivity index (χ1n) is 6.03. The Morgan fingerprint density at radius 1 is 1.39 bits per heavy atom. The van der Waals surface area contributed by atoms with Crippen LogP contribution in [0.4, 0.5) is 11.4 Å². The van der Waals surface area contributed by atoms with Crippen molar-refractivity contribution in [1.29, 1.82) is 5.26 Å². The van der Waals surface area contributed by atoms with Crippen LogP contribution in [0.5, 0.6) is 0 Å². The quantitative estimate of drug-likeness (QED) is 0.830. The third-order valence-corrected chi connectivity index (χ3v) is 2.88. The molecule has 2 rings (SSSR count). The molecule has 1 saturated heterocycles. The molecule has 1 aromatic rings. The summed E-state index contributed by atoms with van der Waals surface area (Å²) < 4.78 is 0. The zero-order chi connectivity index (χ0) is 12.8. The molecule has 0 saturated carbocycles. The maximum Gasteiger partial charge on any atom is 0.238 e. The van der Waals surface area contributed by atoms with Gasteiger partial charge in [-0.1, -0.05) is 12.1 Å². The highest BCUT2D eigenvalue weighted by atomic mass is 16.1. The number of hydrogen-bond acceptors (Lipinski definition) is 4. The summed E-state index contributed by atoms with van der Waals surface area (Å²) in [5.74, 6) is -0.264. The van der Waals surface area contributed by atoms with Crippen LogP contribution in [0.25, 0.3) is 0 Å². The van der Waals surface area contributed by atoms with Gasteiger partial charge in [0, 0.05) is 26.2 Å². The number of nitrogens with zero attached hydrogens (tertiary/aromatic N) is 2. The van der Waals surface area contributed by atoms with Gasteiger partial charge in [0.2, 0.25) is 5.91 Å². The van der Waals surface area contributed by atoms with Gasteiger partial charge >= 0.3 is 0 Å². The molecule has 1 heterocycles. The van der Waals surface area contributed by atoms with Crippen LogP contribution in [-0.4, -0.2) is 32.1 Å². The number of rotatable bonds is 3. The molecule has 1 aliphatic rings. The summed E-state index contributed by atoms with van der Waals surface area (Å²) in [4.78, 5) is 13.7. The Kier molecular flexibility index (Phi) is 4.15. The van der Waals surface area contributed by atoms with Crippen LogP contribution in [-0.2, 0) is 4.79 Å². The average molecular weight is 244 g/mol. The lowest BCUT2D eigenvalue weighted by Crippen LogP contribution is -2.43. The molecule has 0 atom stereocenters. The molecule has 1 amide bonds. The second kappa shape index (κ2) is 6.03. The number of nitrogens with one attached hydrogen (secondary N) is 2. The molecule has 5 nitrogen and oxygen atoms in total. The lowest BCUT2D eigenvalue weighted by Gasteiger charge is -2.31. The van der Waals surface area contributed by atoms with Gasteiger partial charge in [0.05, 0.1) is 17.4 Å². The highest BCUT2D eigenvalue weighted by Crippen LogP contribution is 2.25. The molecular weight excluding hydrogens is 228 g/mol. The molecule has 0 spiro atoms. The second-order valence-electron chi connectivity index (χ2n) is 4.14. The first kappa shape index (κ1) is 12.4. The molecule has 2 N–H and O–H groups in total.